The molecule has 0 saturated carbocycles. The maximum absolute atomic E-state index is 8.57. The Hall–Kier alpha value is -1.07. The summed E-state index contributed by atoms with van der Waals surface area (Å²) in [7, 11) is 0. The van der Waals surface area contributed by atoms with Gasteiger partial charge in [0.2, 0.25) is 0 Å². The minimum absolute atomic E-state index is 0.336. The zero-order valence-corrected chi connectivity index (χ0v) is 15.5. The lowest BCUT2D eigenvalue weighted by molar-refractivity contribution is -0.432. The SMILES string of the molecule is CC(C)c1cc2c(C(C)C)cccc2c(C(C)C)c1SOOO. The fourth-order valence-electron chi connectivity index (χ4n) is 3.13. The van der Waals surface area contributed by atoms with Crippen LogP contribution in [0.25, 0.3) is 10.8 Å². The smallest absolute Gasteiger partial charge is 0.0720 e. The van der Waals surface area contributed by atoms with Crippen molar-refractivity contribution in [1.82, 2.24) is 0 Å². The molecule has 0 saturated heterocycles. The van der Waals surface area contributed by atoms with E-state index in [0.29, 0.717) is 17.8 Å². The predicted molar refractivity (Wildman–Crippen MR) is 96.9 cm³/mol. The van der Waals surface area contributed by atoms with Crippen molar-refractivity contribution in [2.75, 3.05) is 0 Å². The van der Waals surface area contributed by atoms with Gasteiger partial charge in [0, 0.05) is 4.90 Å². The Balaban J connectivity index is 2.86. The lowest BCUT2D eigenvalue weighted by Gasteiger charge is -2.22. The Morgan fingerprint density at radius 1 is 0.870 bits per heavy atom. The summed E-state index contributed by atoms with van der Waals surface area (Å²) in [5.74, 6) is 1.15. The maximum Gasteiger partial charge on any atom is 0.0720 e. The normalized spacial score (nSPS) is 12.1. The van der Waals surface area contributed by atoms with E-state index < -0.39 is 0 Å². The first-order valence-electron chi connectivity index (χ1n) is 8.12. The Labute approximate surface area is 143 Å². The molecular weight excluding hydrogens is 308 g/mol. The molecule has 2 rings (SSSR count). The molecule has 0 spiro atoms. The van der Waals surface area contributed by atoms with Gasteiger partial charge in [0.15, 0.2) is 0 Å². The van der Waals surface area contributed by atoms with Gasteiger partial charge in [-0.2, -0.15) is 0 Å². The highest BCUT2D eigenvalue weighted by Gasteiger charge is 2.21. The lowest BCUT2D eigenvalue weighted by Crippen LogP contribution is -2.03. The van der Waals surface area contributed by atoms with Gasteiger partial charge in [0.05, 0.1) is 12.0 Å². The molecule has 126 valence electrons. The van der Waals surface area contributed by atoms with Crippen LogP contribution < -0.4 is 0 Å². The molecule has 4 heteroatoms. The molecule has 2 aromatic rings. The first kappa shape index (κ1) is 18.3. The van der Waals surface area contributed by atoms with E-state index in [4.69, 9.17) is 9.59 Å². The number of fused-ring (bicyclic) bond motifs is 1. The van der Waals surface area contributed by atoms with E-state index in [2.05, 4.69) is 70.8 Å². The molecule has 0 unspecified atom stereocenters. The lowest BCUT2D eigenvalue weighted by atomic mass is 9.86. The van der Waals surface area contributed by atoms with Crippen LogP contribution in [0.4, 0.5) is 0 Å². The van der Waals surface area contributed by atoms with Crippen molar-refractivity contribution in [3.05, 3.63) is 41.0 Å². The zero-order chi connectivity index (χ0) is 17.1. The van der Waals surface area contributed by atoms with E-state index in [9.17, 15) is 0 Å². The van der Waals surface area contributed by atoms with Gasteiger partial charge in [0.25, 0.3) is 0 Å². The Kier molecular flexibility index (Phi) is 6.09. The molecule has 0 radical (unpaired) electrons. The van der Waals surface area contributed by atoms with Crippen LogP contribution in [-0.4, -0.2) is 5.26 Å². The fraction of sp³-hybridized carbons (Fsp3) is 0.474. The molecule has 0 aromatic heterocycles. The predicted octanol–water partition coefficient (Wildman–Crippen LogP) is 6.64. The molecule has 0 atom stereocenters. The second kappa shape index (κ2) is 7.67. The zero-order valence-electron chi connectivity index (χ0n) is 14.7. The van der Waals surface area contributed by atoms with Crippen molar-refractivity contribution in [3.8, 4) is 0 Å². The second-order valence-corrected chi connectivity index (χ2v) is 7.55. The van der Waals surface area contributed by atoms with Crippen molar-refractivity contribution < 1.29 is 14.6 Å². The second-order valence-electron chi connectivity index (χ2n) is 6.84. The summed E-state index contributed by atoms with van der Waals surface area (Å²) in [6.45, 7) is 13.2. The monoisotopic (exact) mass is 334 g/mol. The molecule has 0 heterocycles. The molecule has 0 fully saturated rings. The molecule has 23 heavy (non-hydrogen) atoms. The average Bonchev–Trinajstić information content (AvgIpc) is 2.50. The van der Waals surface area contributed by atoms with E-state index in [-0.39, 0.29) is 0 Å². The number of rotatable bonds is 6. The summed E-state index contributed by atoms with van der Waals surface area (Å²) < 4.78 is 4.80. The van der Waals surface area contributed by atoms with E-state index >= 15 is 0 Å². The van der Waals surface area contributed by atoms with Gasteiger partial charge < -0.3 is 0 Å². The third-order valence-electron chi connectivity index (χ3n) is 4.21. The molecular formula is C19H26O3S. The van der Waals surface area contributed by atoms with Crippen LogP contribution in [0.2, 0.25) is 0 Å². The molecule has 1 N–H and O–H groups in total. The molecule has 0 aliphatic rings. The fourth-order valence-corrected chi connectivity index (χ4v) is 4.05. The summed E-state index contributed by atoms with van der Waals surface area (Å²) in [5.41, 5.74) is 3.83. The number of hydrogen-bond donors (Lipinski definition) is 1. The quantitative estimate of drug-likeness (QED) is 0.365. The molecule has 0 aliphatic carbocycles. The van der Waals surface area contributed by atoms with Crippen molar-refractivity contribution in [1.29, 1.82) is 0 Å². The Morgan fingerprint density at radius 2 is 1.52 bits per heavy atom. The van der Waals surface area contributed by atoms with Gasteiger partial charge in [-0.15, -0.1) is 4.33 Å². The Morgan fingerprint density at radius 3 is 2.04 bits per heavy atom. The average molecular weight is 334 g/mol. The summed E-state index contributed by atoms with van der Waals surface area (Å²) in [6, 6.07) is 8.77. The molecule has 3 nitrogen and oxygen atoms in total. The minimum Gasteiger partial charge on any atom is -0.220 e. The van der Waals surface area contributed by atoms with E-state index in [1.54, 1.807) is 0 Å². The van der Waals surface area contributed by atoms with Crippen LogP contribution in [0.5, 0.6) is 0 Å². The third kappa shape index (κ3) is 3.72. The van der Waals surface area contributed by atoms with Crippen LogP contribution in [0.1, 0.15) is 76.0 Å². The summed E-state index contributed by atoms with van der Waals surface area (Å²) in [6.07, 6.45) is 0. The van der Waals surface area contributed by atoms with Gasteiger partial charge in [-0.25, -0.2) is 5.26 Å². The van der Waals surface area contributed by atoms with Crippen LogP contribution >= 0.6 is 12.0 Å². The molecule has 0 bridgehead atoms. The van der Waals surface area contributed by atoms with Crippen molar-refractivity contribution in [3.63, 3.8) is 0 Å². The van der Waals surface area contributed by atoms with Gasteiger partial charge >= 0.3 is 0 Å². The molecule has 0 aliphatic heterocycles. The first-order valence-corrected chi connectivity index (χ1v) is 8.86. The van der Waals surface area contributed by atoms with Crippen molar-refractivity contribution in [2.24, 2.45) is 0 Å². The number of hydrogen-bond acceptors (Lipinski definition) is 4. The largest absolute Gasteiger partial charge is 0.220 e. The van der Waals surface area contributed by atoms with Gasteiger partial charge in [-0.05, 0) is 51.3 Å². The van der Waals surface area contributed by atoms with Crippen molar-refractivity contribution >= 4 is 22.8 Å². The third-order valence-corrected chi connectivity index (χ3v) is 4.96. The van der Waals surface area contributed by atoms with E-state index in [0.717, 1.165) is 16.9 Å². The summed E-state index contributed by atoms with van der Waals surface area (Å²) >= 11 is 1.09. The van der Waals surface area contributed by atoms with Gasteiger partial charge in [0.1, 0.15) is 0 Å². The highest BCUT2D eigenvalue weighted by Crippen LogP contribution is 2.42. The summed E-state index contributed by atoms with van der Waals surface area (Å²) in [5, 5.41) is 15.0. The van der Waals surface area contributed by atoms with Gasteiger partial charge in [-0.3, -0.25) is 0 Å². The number of benzene rings is 2. The van der Waals surface area contributed by atoms with Crippen molar-refractivity contribution in [2.45, 2.75) is 64.2 Å². The molecule has 0 amide bonds. The summed E-state index contributed by atoms with van der Waals surface area (Å²) in [4.78, 5) is 1.04. The minimum atomic E-state index is 0.336. The van der Waals surface area contributed by atoms with Crippen LogP contribution in [0.15, 0.2) is 29.2 Å². The highest BCUT2D eigenvalue weighted by atomic mass is 32.2. The highest BCUT2D eigenvalue weighted by molar-refractivity contribution is 7.94. The Bertz CT molecular complexity index is 678. The molecule has 2 aromatic carbocycles. The van der Waals surface area contributed by atoms with Crippen LogP contribution in [0, 0.1) is 0 Å². The van der Waals surface area contributed by atoms with Crippen LogP contribution in [-0.2, 0) is 9.37 Å². The van der Waals surface area contributed by atoms with E-state index in [1.807, 2.05) is 0 Å². The topological polar surface area (TPSA) is 38.7 Å². The van der Waals surface area contributed by atoms with E-state index in [1.165, 1.54) is 27.5 Å². The maximum atomic E-state index is 8.57. The van der Waals surface area contributed by atoms with Crippen LogP contribution in [0.3, 0.4) is 0 Å². The first-order chi connectivity index (χ1) is 10.9. The standard InChI is InChI=1S/C19H26O3S/c1-11(2)14-8-7-9-15-17(14)10-16(12(3)4)19(23-22-21-20)18(15)13(5)6/h7-13,20H,1-6H3. The van der Waals surface area contributed by atoms with Gasteiger partial charge in [-0.1, -0.05) is 64.8 Å².